The summed E-state index contributed by atoms with van der Waals surface area (Å²) in [5, 5.41) is 35.3. The highest BCUT2D eigenvalue weighted by Crippen LogP contribution is 2.08. The molecule has 0 aliphatic rings. The minimum atomic E-state index is -1.38. The first-order valence-corrected chi connectivity index (χ1v) is 11.2. The molecule has 5 atom stereocenters. The number of aliphatic carboxylic acids is 2. The van der Waals surface area contributed by atoms with Gasteiger partial charge in [0.2, 0.25) is 17.7 Å². The van der Waals surface area contributed by atoms with Crippen LogP contribution >= 0.6 is 0 Å². The van der Waals surface area contributed by atoms with E-state index < -0.39 is 72.3 Å². The van der Waals surface area contributed by atoms with E-state index in [2.05, 4.69) is 16.0 Å². The van der Waals surface area contributed by atoms with E-state index in [0.29, 0.717) is 5.56 Å². The molecule has 12 nitrogen and oxygen atoms in total. The molecule has 0 spiro atoms. The number of carbonyl (C=O) groups is 5. The molecule has 1 aromatic carbocycles. The number of benzene rings is 1. The molecule has 5 unspecified atom stereocenters. The zero-order valence-corrected chi connectivity index (χ0v) is 19.9. The highest BCUT2D eigenvalue weighted by molar-refractivity contribution is 5.94. The lowest BCUT2D eigenvalue weighted by Gasteiger charge is -2.27. The topological polar surface area (TPSA) is 208 Å². The summed E-state index contributed by atoms with van der Waals surface area (Å²) in [5.41, 5.74) is 6.26. The van der Waals surface area contributed by atoms with Crippen LogP contribution in [0.1, 0.15) is 39.2 Å². The fourth-order valence-corrected chi connectivity index (χ4v) is 3.12. The molecule has 1 aromatic rings. The van der Waals surface area contributed by atoms with Crippen LogP contribution in [0.15, 0.2) is 30.3 Å². The summed E-state index contributed by atoms with van der Waals surface area (Å²) in [6, 6.07) is 3.45. The summed E-state index contributed by atoms with van der Waals surface area (Å²) in [5.74, 6) is -5.41. The number of nitrogens with two attached hydrogens (primary N) is 1. The highest BCUT2D eigenvalue weighted by atomic mass is 16.4. The number of aliphatic hydroxyl groups excluding tert-OH is 1. The van der Waals surface area contributed by atoms with Crippen molar-refractivity contribution in [3.8, 4) is 0 Å². The lowest BCUT2D eigenvalue weighted by atomic mass is 10.0. The van der Waals surface area contributed by atoms with Gasteiger partial charge in [-0.15, -0.1) is 0 Å². The minimum absolute atomic E-state index is 0.0244. The summed E-state index contributed by atoms with van der Waals surface area (Å²) in [7, 11) is 0. The standard InChI is InChI=1S/C23H34N4O8/c1-12(2)19(27-21(32)18(24)13(3)28)22(33)25-15(9-10-17(29)30)20(31)26-16(23(34)35)11-14-7-5-4-6-8-14/h4-8,12-13,15-16,18-19,28H,9-11,24H2,1-3H3,(H,25,33)(H,26,31)(H,27,32)(H,29,30)(H,34,35). The van der Waals surface area contributed by atoms with Gasteiger partial charge >= 0.3 is 11.9 Å². The number of amides is 3. The average molecular weight is 495 g/mol. The zero-order valence-electron chi connectivity index (χ0n) is 19.9. The molecule has 0 bridgehead atoms. The summed E-state index contributed by atoms with van der Waals surface area (Å²) in [6.07, 6.45) is -1.97. The monoisotopic (exact) mass is 494 g/mol. The van der Waals surface area contributed by atoms with Gasteiger partial charge in [0.15, 0.2) is 0 Å². The van der Waals surface area contributed by atoms with Crippen molar-refractivity contribution in [1.82, 2.24) is 16.0 Å². The minimum Gasteiger partial charge on any atom is -0.481 e. The van der Waals surface area contributed by atoms with Crippen LogP contribution in [-0.4, -0.2) is 75.3 Å². The second-order valence-electron chi connectivity index (χ2n) is 8.58. The Bertz CT molecular complexity index is 891. The van der Waals surface area contributed by atoms with Crippen LogP contribution in [-0.2, 0) is 30.4 Å². The third kappa shape index (κ3) is 10.1. The summed E-state index contributed by atoms with van der Waals surface area (Å²) in [4.78, 5) is 60.8. The summed E-state index contributed by atoms with van der Waals surface area (Å²) < 4.78 is 0. The van der Waals surface area contributed by atoms with Crippen LogP contribution in [0.2, 0.25) is 0 Å². The fraction of sp³-hybridized carbons (Fsp3) is 0.522. The van der Waals surface area contributed by atoms with Gasteiger partial charge in [-0.25, -0.2) is 4.79 Å². The van der Waals surface area contributed by atoms with Crippen molar-refractivity contribution >= 4 is 29.7 Å². The van der Waals surface area contributed by atoms with Gasteiger partial charge in [-0.1, -0.05) is 44.2 Å². The van der Waals surface area contributed by atoms with E-state index in [9.17, 15) is 34.2 Å². The van der Waals surface area contributed by atoms with E-state index in [-0.39, 0.29) is 12.8 Å². The Morgan fingerprint density at radius 1 is 0.857 bits per heavy atom. The third-order valence-electron chi connectivity index (χ3n) is 5.25. The fourth-order valence-electron chi connectivity index (χ4n) is 3.12. The van der Waals surface area contributed by atoms with Crippen molar-refractivity contribution < 1.29 is 39.3 Å². The van der Waals surface area contributed by atoms with Crippen LogP contribution in [0, 0.1) is 5.92 Å². The van der Waals surface area contributed by atoms with Crippen LogP contribution in [0.25, 0.3) is 0 Å². The van der Waals surface area contributed by atoms with E-state index in [1.54, 1.807) is 44.2 Å². The van der Waals surface area contributed by atoms with E-state index in [1.165, 1.54) is 6.92 Å². The Morgan fingerprint density at radius 3 is 1.91 bits per heavy atom. The highest BCUT2D eigenvalue weighted by Gasteiger charge is 2.32. The molecule has 194 valence electrons. The molecular formula is C23H34N4O8. The molecule has 0 radical (unpaired) electrons. The normalized spacial score (nSPS) is 15.3. The van der Waals surface area contributed by atoms with Gasteiger partial charge in [-0.2, -0.15) is 0 Å². The summed E-state index contributed by atoms with van der Waals surface area (Å²) in [6.45, 7) is 4.57. The predicted octanol–water partition coefficient (Wildman–Crippen LogP) is -1.00. The van der Waals surface area contributed by atoms with Crippen molar-refractivity contribution in [3.05, 3.63) is 35.9 Å². The second-order valence-corrected chi connectivity index (χ2v) is 8.58. The number of aliphatic hydroxyl groups is 1. The lowest BCUT2D eigenvalue weighted by molar-refractivity contribution is -0.143. The zero-order chi connectivity index (χ0) is 26.7. The Hall–Kier alpha value is -3.51. The number of hydrogen-bond donors (Lipinski definition) is 7. The number of hydrogen-bond acceptors (Lipinski definition) is 7. The lowest BCUT2D eigenvalue weighted by Crippen LogP contribution is -2.59. The summed E-state index contributed by atoms with van der Waals surface area (Å²) >= 11 is 0. The maximum absolute atomic E-state index is 12.9. The van der Waals surface area contributed by atoms with E-state index in [4.69, 9.17) is 10.8 Å². The number of nitrogens with one attached hydrogen (secondary N) is 3. The average Bonchev–Trinajstić information content (AvgIpc) is 2.78. The van der Waals surface area contributed by atoms with Crippen molar-refractivity contribution in [2.75, 3.05) is 0 Å². The first kappa shape index (κ1) is 29.5. The Morgan fingerprint density at radius 2 is 1.43 bits per heavy atom. The Labute approximate surface area is 203 Å². The molecule has 35 heavy (non-hydrogen) atoms. The molecule has 1 rings (SSSR count). The van der Waals surface area contributed by atoms with E-state index >= 15 is 0 Å². The molecule has 3 amide bonds. The second kappa shape index (κ2) is 14.0. The first-order valence-electron chi connectivity index (χ1n) is 11.2. The maximum atomic E-state index is 12.9. The number of carboxylic acid groups (broad SMARTS) is 2. The van der Waals surface area contributed by atoms with Gasteiger partial charge in [0.05, 0.1) is 6.10 Å². The van der Waals surface area contributed by atoms with Crippen LogP contribution < -0.4 is 21.7 Å². The number of rotatable bonds is 14. The Balaban J connectivity index is 3.02. The van der Waals surface area contributed by atoms with Gasteiger partial charge in [0.25, 0.3) is 0 Å². The quantitative estimate of drug-likeness (QED) is 0.169. The first-order chi connectivity index (χ1) is 16.3. The third-order valence-corrected chi connectivity index (χ3v) is 5.25. The molecule has 0 aliphatic heterocycles. The smallest absolute Gasteiger partial charge is 0.326 e. The van der Waals surface area contributed by atoms with Crippen LogP contribution in [0.5, 0.6) is 0 Å². The molecule has 0 aliphatic carbocycles. The van der Waals surface area contributed by atoms with E-state index in [0.717, 1.165) is 0 Å². The van der Waals surface area contributed by atoms with E-state index in [1.807, 2.05) is 0 Å². The molecule has 0 saturated carbocycles. The van der Waals surface area contributed by atoms with Gasteiger partial charge in [-0.05, 0) is 24.8 Å². The van der Waals surface area contributed by atoms with Crippen molar-refractivity contribution in [1.29, 1.82) is 0 Å². The molecule has 8 N–H and O–H groups in total. The molecule has 0 saturated heterocycles. The molecule has 12 heteroatoms. The van der Waals surface area contributed by atoms with Gasteiger partial charge in [0.1, 0.15) is 24.2 Å². The van der Waals surface area contributed by atoms with Crippen molar-refractivity contribution in [2.45, 2.75) is 70.3 Å². The maximum Gasteiger partial charge on any atom is 0.326 e. The number of carboxylic acids is 2. The van der Waals surface area contributed by atoms with Crippen molar-refractivity contribution in [3.63, 3.8) is 0 Å². The largest absolute Gasteiger partial charge is 0.481 e. The van der Waals surface area contributed by atoms with Gasteiger partial charge < -0.3 is 37.0 Å². The predicted molar refractivity (Wildman–Crippen MR) is 125 cm³/mol. The van der Waals surface area contributed by atoms with Gasteiger partial charge in [0, 0.05) is 12.8 Å². The van der Waals surface area contributed by atoms with Crippen LogP contribution in [0.3, 0.4) is 0 Å². The SMILES string of the molecule is CC(C)C(NC(=O)C(N)C(C)O)C(=O)NC(CCC(=O)O)C(=O)NC(Cc1ccccc1)C(=O)O. The Kier molecular flexibility index (Phi) is 11.8. The van der Waals surface area contributed by atoms with Gasteiger partial charge in [-0.3, -0.25) is 19.2 Å². The molecule has 0 fully saturated rings. The number of carbonyl (C=O) groups excluding carboxylic acids is 3. The molecule has 0 heterocycles. The molecule has 0 aromatic heterocycles. The van der Waals surface area contributed by atoms with Crippen molar-refractivity contribution in [2.24, 2.45) is 11.7 Å². The molecular weight excluding hydrogens is 460 g/mol. The van der Waals surface area contributed by atoms with Crippen LogP contribution in [0.4, 0.5) is 0 Å².